The molecule has 0 aliphatic heterocycles. The second-order valence-electron chi connectivity index (χ2n) is 3.23. The van der Waals surface area contributed by atoms with Crippen molar-refractivity contribution in [3.63, 3.8) is 0 Å². The molecular weight excluding hydrogens is 299 g/mol. The highest BCUT2D eigenvalue weighted by Gasteiger charge is 2.19. The second kappa shape index (κ2) is 5.24. The topological polar surface area (TPSA) is 98.0 Å². The van der Waals surface area contributed by atoms with Gasteiger partial charge in [0.05, 0.1) is 4.92 Å². The van der Waals surface area contributed by atoms with Gasteiger partial charge < -0.3 is 5.32 Å². The maximum atomic E-state index is 13.0. The Labute approximate surface area is 114 Å². The quantitative estimate of drug-likeness (QED) is 0.694. The van der Waals surface area contributed by atoms with Crippen molar-refractivity contribution < 1.29 is 14.1 Å². The third-order valence-electron chi connectivity index (χ3n) is 2.00. The van der Waals surface area contributed by atoms with Gasteiger partial charge in [-0.05, 0) is 17.7 Å². The molecule has 2 rings (SSSR count). The summed E-state index contributed by atoms with van der Waals surface area (Å²) in [4.78, 5) is 21.7. The number of benzene rings is 1. The Morgan fingerprint density at radius 3 is 2.79 bits per heavy atom. The maximum Gasteiger partial charge on any atom is 0.292 e. The van der Waals surface area contributed by atoms with Crippen LogP contribution in [0.5, 0.6) is 0 Å². The minimum Gasteiger partial charge on any atom is -0.314 e. The highest BCUT2D eigenvalue weighted by Crippen LogP contribution is 2.26. The SMILES string of the molecule is O=C(Nc1cc(F)ccc1[N+](=O)[O-])c1nnc(Cl)s1. The van der Waals surface area contributed by atoms with Crippen LogP contribution in [0.25, 0.3) is 0 Å². The van der Waals surface area contributed by atoms with Crippen molar-refractivity contribution in [2.24, 2.45) is 0 Å². The summed E-state index contributed by atoms with van der Waals surface area (Å²) in [6.07, 6.45) is 0. The van der Waals surface area contributed by atoms with E-state index in [0.29, 0.717) is 0 Å². The summed E-state index contributed by atoms with van der Waals surface area (Å²) in [7, 11) is 0. The first-order chi connectivity index (χ1) is 8.97. The molecule has 1 N–H and O–H groups in total. The van der Waals surface area contributed by atoms with E-state index in [1.54, 1.807) is 0 Å². The molecule has 2 aromatic rings. The summed E-state index contributed by atoms with van der Waals surface area (Å²) >= 11 is 6.31. The predicted octanol–water partition coefficient (Wildman–Crippen LogP) is 2.49. The molecule has 1 amide bonds. The number of halogens is 2. The van der Waals surface area contributed by atoms with Crippen LogP contribution in [-0.2, 0) is 0 Å². The van der Waals surface area contributed by atoms with E-state index in [9.17, 15) is 19.3 Å². The smallest absolute Gasteiger partial charge is 0.292 e. The molecule has 0 saturated carbocycles. The van der Waals surface area contributed by atoms with Gasteiger partial charge in [0, 0.05) is 12.1 Å². The molecule has 0 unspecified atom stereocenters. The molecule has 1 aromatic heterocycles. The molecule has 1 heterocycles. The number of rotatable bonds is 3. The number of carbonyl (C=O) groups is 1. The van der Waals surface area contributed by atoms with Gasteiger partial charge in [-0.2, -0.15) is 0 Å². The van der Waals surface area contributed by atoms with E-state index in [1.807, 2.05) is 0 Å². The van der Waals surface area contributed by atoms with E-state index in [4.69, 9.17) is 11.6 Å². The van der Waals surface area contributed by atoms with Crippen molar-refractivity contribution in [2.75, 3.05) is 5.32 Å². The molecule has 0 atom stereocenters. The number of aromatic nitrogens is 2. The Hall–Kier alpha value is -2.13. The average Bonchev–Trinajstić information content (AvgIpc) is 2.75. The monoisotopic (exact) mass is 302 g/mol. The van der Waals surface area contributed by atoms with Crippen LogP contribution >= 0.6 is 22.9 Å². The number of nitrogens with one attached hydrogen (secondary N) is 1. The van der Waals surface area contributed by atoms with Gasteiger partial charge in [-0.25, -0.2) is 4.39 Å². The third kappa shape index (κ3) is 3.01. The average molecular weight is 303 g/mol. The van der Waals surface area contributed by atoms with Gasteiger partial charge in [0.15, 0.2) is 0 Å². The fourth-order valence-corrected chi connectivity index (χ4v) is 1.96. The summed E-state index contributed by atoms with van der Waals surface area (Å²) in [5, 5.41) is 19.7. The van der Waals surface area contributed by atoms with Crippen molar-refractivity contribution >= 4 is 40.2 Å². The first-order valence-electron chi connectivity index (χ1n) is 4.71. The summed E-state index contributed by atoms with van der Waals surface area (Å²) in [5.74, 6) is -1.46. The Balaban J connectivity index is 2.30. The maximum absolute atomic E-state index is 13.0. The molecule has 10 heteroatoms. The summed E-state index contributed by atoms with van der Waals surface area (Å²) < 4.78 is 13.1. The Bertz CT molecular complexity index is 663. The van der Waals surface area contributed by atoms with Gasteiger partial charge in [0.1, 0.15) is 11.5 Å². The molecule has 1 aromatic carbocycles. The lowest BCUT2D eigenvalue weighted by atomic mass is 10.2. The summed E-state index contributed by atoms with van der Waals surface area (Å²) in [5.41, 5.74) is -0.688. The van der Waals surface area contributed by atoms with Gasteiger partial charge in [0.2, 0.25) is 9.47 Å². The van der Waals surface area contributed by atoms with E-state index in [0.717, 1.165) is 29.5 Å². The van der Waals surface area contributed by atoms with Gasteiger partial charge in [0.25, 0.3) is 11.6 Å². The molecule has 0 aliphatic rings. The van der Waals surface area contributed by atoms with E-state index < -0.39 is 22.3 Å². The minimum absolute atomic E-state index is 0.0545. The lowest BCUT2D eigenvalue weighted by Crippen LogP contribution is -2.13. The number of nitrogens with zero attached hydrogens (tertiary/aromatic N) is 3. The van der Waals surface area contributed by atoms with Crippen molar-refractivity contribution in [1.29, 1.82) is 0 Å². The molecule has 19 heavy (non-hydrogen) atoms. The number of amides is 1. The molecule has 98 valence electrons. The first-order valence-corrected chi connectivity index (χ1v) is 5.91. The second-order valence-corrected chi connectivity index (χ2v) is 4.79. The Morgan fingerprint density at radius 1 is 1.47 bits per heavy atom. The molecule has 0 spiro atoms. The highest BCUT2D eigenvalue weighted by molar-refractivity contribution is 7.17. The van der Waals surface area contributed by atoms with E-state index in [2.05, 4.69) is 15.5 Å². The Kier molecular flexibility index (Phi) is 3.67. The number of anilines is 1. The lowest BCUT2D eigenvalue weighted by Gasteiger charge is -2.03. The van der Waals surface area contributed by atoms with Crippen LogP contribution < -0.4 is 5.32 Å². The fraction of sp³-hybridized carbons (Fsp3) is 0. The number of hydrogen-bond donors (Lipinski definition) is 1. The number of hydrogen-bond acceptors (Lipinski definition) is 6. The van der Waals surface area contributed by atoms with Crippen LogP contribution in [0.15, 0.2) is 18.2 Å². The van der Waals surface area contributed by atoms with Crippen molar-refractivity contribution in [3.05, 3.63) is 43.6 Å². The predicted molar refractivity (Wildman–Crippen MR) is 65.9 cm³/mol. The van der Waals surface area contributed by atoms with Crippen molar-refractivity contribution in [2.45, 2.75) is 0 Å². The first kappa shape index (κ1) is 13.3. The lowest BCUT2D eigenvalue weighted by molar-refractivity contribution is -0.384. The number of carbonyl (C=O) groups excluding carboxylic acids is 1. The van der Waals surface area contributed by atoms with Gasteiger partial charge >= 0.3 is 0 Å². The third-order valence-corrected chi connectivity index (χ3v) is 3.02. The molecule has 7 nitrogen and oxygen atoms in total. The minimum atomic E-state index is -0.752. The summed E-state index contributed by atoms with van der Waals surface area (Å²) in [6, 6.07) is 2.73. The number of nitro groups is 1. The van der Waals surface area contributed by atoms with Gasteiger partial charge in [-0.3, -0.25) is 14.9 Å². The van der Waals surface area contributed by atoms with E-state index >= 15 is 0 Å². The molecular formula is C9H4ClFN4O3S. The van der Waals surface area contributed by atoms with Crippen LogP contribution in [0.3, 0.4) is 0 Å². The van der Waals surface area contributed by atoms with Crippen molar-refractivity contribution in [3.8, 4) is 0 Å². The number of nitro benzene ring substituents is 1. The van der Waals surface area contributed by atoms with Crippen LogP contribution in [-0.4, -0.2) is 21.0 Å². The highest BCUT2D eigenvalue weighted by atomic mass is 35.5. The molecule has 0 fully saturated rings. The largest absolute Gasteiger partial charge is 0.314 e. The van der Waals surface area contributed by atoms with Crippen LogP contribution in [0, 0.1) is 15.9 Å². The molecule has 0 saturated heterocycles. The zero-order chi connectivity index (χ0) is 14.0. The van der Waals surface area contributed by atoms with Gasteiger partial charge in [-0.1, -0.05) is 11.3 Å². The van der Waals surface area contributed by atoms with Crippen molar-refractivity contribution in [1.82, 2.24) is 10.2 Å². The van der Waals surface area contributed by atoms with E-state index in [1.165, 1.54) is 0 Å². The standard InChI is InChI=1S/C9H4ClFN4O3S/c10-9-14-13-8(19-9)7(16)12-5-3-4(11)1-2-6(5)15(17)18/h1-3H,(H,12,16). The van der Waals surface area contributed by atoms with Gasteiger partial charge in [-0.15, -0.1) is 10.2 Å². The fourth-order valence-electron chi connectivity index (χ4n) is 1.24. The summed E-state index contributed by atoms with van der Waals surface area (Å²) in [6.45, 7) is 0. The Morgan fingerprint density at radius 2 is 2.21 bits per heavy atom. The van der Waals surface area contributed by atoms with Crippen LogP contribution in [0.4, 0.5) is 15.8 Å². The van der Waals surface area contributed by atoms with Crippen LogP contribution in [0.1, 0.15) is 9.80 Å². The zero-order valence-corrected chi connectivity index (χ0v) is 10.5. The molecule has 0 bridgehead atoms. The normalized spacial score (nSPS) is 10.2. The van der Waals surface area contributed by atoms with E-state index in [-0.39, 0.29) is 15.2 Å². The van der Waals surface area contributed by atoms with Crippen LogP contribution in [0.2, 0.25) is 4.47 Å². The zero-order valence-electron chi connectivity index (χ0n) is 8.96. The molecule has 0 radical (unpaired) electrons. The molecule has 0 aliphatic carbocycles.